The molecule has 7 nitrogen and oxygen atoms in total. The Hall–Kier alpha value is -3.04. The van der Waals surface area contributed by atoms with Crippen molar-refractivity contribution in [3.05, 3.63) is 47.4 Å². The van der Waals surface area contributed by atoms with Crippen molar-refractivity contribution in [3.63, 3.8) is 0 Å². The zero-order valence-electron chi connectivity index (χ0n) is 15.2. The maximum Gasteiger partial charge on any atom is 0.416 e. The van der Waals surface area contributed by atoms with Crippen LogP contribution >= 0.6 is 0 Å². The smallest absolute Gasteiger partial charge is 0.416 e. The first-order valence-corrected chi connectivity index (χ1v) is 7.53. The number of methoxy groups -OCH3 is 2. The van der Waals surface area contributed by atoms with E-state index in [0.717, 1.165) is 30.4 Å². The van der Waals surface area contributed by atoms with E-state index in [1.807, 2.05) is 0 Å². The second-order valence-electron chi connectivity index (χ2n) is 5.21. The number of nitrogens with zero attached hydrogens (tertiary/aromatic N) is 2. The Bertz CT molecular complexity index is 744. The fourth-order valence-corrected chi connectivity index (χ4v) is 1.87. The van der Waals surface area contributed by atoms with Gasteiger partial charge in [0.2, 0.25) is 0 Å². The zero-order chi connectivity index (χ0) is 20.6. The molecule has 0 saturated carbocycles. The van der Waals surface area contributed by atoms with Crippen LogP contribution in [-0.2, 0) is 30.1 Å². The molecule has 148 valence electrons. The van der Waals surface area contributed by atoms with Gasteiger partial charge >= 0.3 is 12.1 Å². The van der Waals surface area contributed by atoms with Crippen LogP contribution in [0.15, 0.2) is 41.4 Å². The molecule has 27 heavy (non-hydrogen) atoms. The fourth-order valence-electron chi connectivity index (χ4n) is 1.87. The number of oxime groups is 1. The van der Waals surface area contributed by atoms with Gasteiger partial charge in [-0.1, -0.05) is 17.3 Å². The number of likely N-dealkylation sites (N-methyl/N-ethyl adjacent to an activating group) is 1. The van der Waals surface area contributed by atoms with Gasteiger partial charge in [0.05, 0.1) is 25.5 Å². The van der Waals surface area contributed by atoms with Crippen molar-refractivity contribution >= 4 is 17.6 Å². The van der Waals surface area contributed by atoms with Gasteiger partial charge < -0.3 is 19.2 Å². The lowest BCUT2D eigenvalue weighted by Gasteiger charge is -2.17. The second-order valence-corrected chi connectivity index (χ2v) is 5.21. The number of ether oxygens (including phenoxy) is 2. The number of hydrogen-bond donors (Lipinski definition) is 0. The van der Waals surface area contributed by atoms with E-state index in [1.54, 1.807) is 0 Å². The first kappa shape index (κ1) is 22.0. The minimum absolute atomic E-state index is 0.150. The molecule has 1 amide bonds. The predicted octanol–water partition coefficient (Wildman–Crippen LogP) is 2.57. The zero-order valence-corrected chi connectivity index (χ0v) is 15.2. The molecule has 0 N–H and O–H groups in total. The predicted molar refractivity (Wildman–Crippen MR) is 89.5 cm³/mol. The number of alkyl halides is 3. The molecule has 0 heterocycles. The summed E-state index contributed by atoms with van der Waals surface area (Å²) in [5, 5.41) is 3.65. The van der Waals surface area contributed by atoms with Crippen LogP contribution in [0.5, 0.6) is 0 Å². The molecule has 0 bridgehead atoms. The highest BCUT2D eigenvalue weighted by atomic mass is 19.4. The molecule has 0 aliphatic carbocycles. The molecule has 0 spiro atoms. The van der Waals surface area contributed by atoms with Crippen LogP contribution in [0, 0.1) is 0 Å². The van der Waals surface area contributed by atoms with E-state index in [1.165, 1.54) is 33.2 Å². The monoisotopic (exact) mass is 388 g/mol. The van der Waals surface area contributed by atoms with Gasteiger partial charge in [0.1, 0.15) is 6.26 Å². The molecule has 0 saturated heterocycles. The standard InChI is InChI=1S/C17H19F3N2O5/c1-11(12-6-5-7-13(8-12)17(18,19)20)21-27-10-15(23)22(2)14(9-25-3)16(24)26-4/h5-9H,10H2,1-4H3/b14-9-,21-11+. The third kappa shape index (κ3) is 6.32. The molecule has 1 aromatic carbocycles. The van der Waals surface area contributed by atoms with Gasteiger partial charge in [0.25, 0.3) is 5.91 Å². The van der Waals surface area contributed by atoms with E-state index >= 15 is 0 Å². The fraction of sp³-hybridized carbons (Fsp3) is 0.353. The molecule has 0 aliphatic heterocycles. The number of carbonyl (C=O) groups is 2. The van der Waals surface area contributed by atoms with Crippen molar-refractivity contribution < 1.29 is 37.1 Å². The van der Waals surface area contributed by atoms with Crippen LogP contribution in [0.2, 0.25) is 0 Å². The van der Waals surface area contributed by atoms with Crippen LogP contribution in [0.4, 0.5) is 13.2 Å². The average Bonchev–Trinajstić information content (AvgIpc) is 2.64. The Morgan fingerprint density at radius 2 is 1.93 bits per heavy atom. The van der Waals surface area contributed by atoms with Crippen molar-refractivity contribution in [2.45, 2.75) is 13.1 Å². The molecule has 0 aromatic heterocycles. The number of amides is 1. The topological polar surface area (TPSA) is 77.4 Å². The van der Waals surface area contributed by atoms with Gasteiger partial charge in [0.15, 0.2) is 12.3 Å². The molecule has 1 aromatic rings. The minimum Gasteiger partial charge on any atom is -0.502 e. The third-order valence-corrected chi connectivity index (χ3v) is 3.36. The van der Waals surface area contributed by atoms with Crippen molar-refractivity contribution in [2.75, 3.05) is 27.9 Å². The number of carbonyl (C=O) groups excluding carboxylic acids is 2. The normalized spacial score (nSPS) is 12.4. The Kier molecular flexibility index (Phi) is 7.82. The van der Waals surface area contributed by atoms with Crippen molar-refractivity contribution in [1.29, 1.82) is 0 Å². The summed E-state index contributed by atoms with van der Waals surface area (Å²) in [6.07, 6.45) is -3.45. The van der Waals surface area contributed by atoms with Crippen LogP contribution in [0.3, 0.4) is 0 Å². The number of halogens is 3. The molecule has 1 rings (SSSR count). The second kappa shape index (κ2) is 9.60. The summed E-state index contributed by atoms with van der Waals surface area (Å²) in [5.74, 6) is -1.44. The summed E-state index contributed by atoms with van der Waals surface area (Å²) in [7, 11) is 3.74. The third-order valence-electron chi connectivity index (χ3n) is 3.36. The highest BCUT2D eigenvalue weighted by Crippen LogP contribution is 2.29. The molecule has 0 unspecified atom stereocenters. The maximum atomic E-state index is 12.7. The Morgan fingerprint density at radius 1 is 1.26 bits per heavy atom. The molecular formula is C17H19F3N2O5. The van der Waals surface area contributed by atoms with E-state index in [0.29, 0.717) is 0 Å². The van der Waals surface area contributed by atoms with Crippen LogP contribution in [0.25, 0.3) is 0 Å². The van der Waals surface area contributed by atoms with Crippen LogP contribution in [-0.4, -0.2) is 50.4 Å². The van der Waals surface area contributed by atoms with Gasteiger partial charge in [-0.2, -0.15) is 13.2 Å². The molecule has 0 aliphatic rings. The van der Waals surface area contributed by atoms with Crippen molar-refractivity contribution in [3.8, 4) is 0 Å². The molecular weight excluding hydrogens is 369 g/mol. The molecule has 10 heteroatoms. The summed E-state index contributed by atoms with van der Waals surface area (Å²) in [6.45, 7) is 0.888. The molecule has 0 radical (unpaired) electrons. The maximum absolute atomic E-state index is 12.7. The largest absolute Gasteiger partial charge is 0.502 e. The SMILES string of the molecule is CO/C=C(/C(=O)OC)N(C)C(=O)CO/N=C(\C)c1cccc(C(F)(F)F)c1. The average molecular weight is 388 g/mol. The first-order valence-electron chi connectivity index (χ1n) is 7.53. The Labute approximate surface area is 154 Å². The van der Waals surface area contributed by atoms with Crippen LogP contribution < -0.4 is 0 Å². The van der Waals surface area contributed by atoms with E-state index in [-0.39, 0.29) is 17.0 Å². The summed E-state index contributed by atoms with van der Waals surface area (Å²) < 4.78 is 47.5. The molecule has 0 atom stereocenters. The summed E-state index contributed by atoms with van der Waals surface area (Å²) >= 11 is 0. The minimum atomic E-state index is -4.48. The van der Waals surface area contributed by atoms with E-state index in [9.17, 15) is 22.8 Å². The number of esters is 1. The van der Waals surface area contributed by atoms with Gasteiger partial charge in [-0.3, -0.25) is 4.79 Å². The highest BCUT2D eigenvalue weighted by Gasteiger charge is 2.30. The van der Waals surface area contributed by atoms with Gasteiger partial charge in [-0.15, -0.1) is 0 Å². The van der Waals surface area contributed by atoms with Gasteiger partial charge in [-0.05, 0) is 24.6 Å². The van der Waals surface area contributed by atoms with E-state index in [4.69, 9.17) is 9.57 Å². The van der Waals surface area contributed by atoms with Gasteiger partial charge in [-0.25, -0.2) is 4.79 Å². The first-order chi connectivity index (χ1) is 12.6. The molecule has 0 fully saturated rings. The summed E-state index contributed by atoms with van der Waals surface area (Å²) in [4.78, 5) is 29.5. The Balaban J connectivity index is 2.79. The van der Waals surface area contributed by atoms with Crippen molar-refractivity contribution in [1.82, 2.24) is 4.90 Å². The van der Waals surface area contributed by atoms with Crippen LogP contribution in [0.1, 0.15) is 18.1 Å². The quantitative estimate of drug-likeness (QED) is 0.236. The van der Waals surface area contributed by atoms with Crippen molar-refractivity contribution in [2.24, 2.45) is 5.16 Å². The van der Waals surface area contributed by atoms with E-state index < -0.39 is 30.2 Å². The van der Waals surface area contributed by atoms with E-state index in [2.05, 4.69) is 9.89 Å². The van der Waals surface area contributed by atoms with Gasteiger partial charge in [0, 0.05) is 7.05 Å². The Morgan fingerprint density at radius 3 is 2.48 bits per heavy atom. The number of hydrogen-bond acceptors (Lipinski definition) is 6. The number of rotatable bonds is 7. The highest BCUT2D eigenvalue weighted by molar-refractivity contribution is 5.98. The summed E-state index contributed by atoms with van der Waals surface area (Å²) in [5.41, 5.74) is -0.637. The number of benzene rings is 1. The lowest BCUT2D eigenvalue weighted by Crippen LogP contribution is -2.33. The summed E-state index contributed by atoms with van der Waals surface area (Å²) in [6, 6.07) is 4.54. The lowest BCUT2D eigenvalue weighted by molar-refractivity contribution is -0.143. The lowest BCUT2D eigenvalue weighted by atomic mass is 10.1.